The fraction of sp³-hybridized carbons (Fsp3) is 0.143. The molecule has 0 saturated carbocycles. The summed E-state index contributed by atoms with van der Waals surface area (Å²) in [6, 6.07) is 10.5. The first-order valence-corrected chi connectivity index (χ1v) is 5.79. The maximum atomic E-state index is 12.7. The summed E-state index contributed by atoms with van der Waals surface area (Å²) in [4.78, 5) is 15.0. The molecule has 0 radical (unpaired) electrons. The number of nitrogens with zero attached hydrogens (tertiary/aromatic N) is 1. The van der Waals surface area contributed by atoms with Crippen molar-refractivity contribution >= 4 is 17.3 Å². The molecule has 0 aliphatic carbocycles. The van der Waals surface area contributed by atoms with Gasteiger partial charge in [-0.1, -0.05) is 18.2 Å². The van der Waals surface area contributed by atoms with E-state index in [1.807, 2.05) is 0 Å². The van der Waals surface area contributed by atoms with Crippen LogP contribution in [0.1, 0.15) is 23.0 Å². The van der Waals surface area contributed by atoms with Crippen molar-refractivity contribution in [1.82, 2.24) is 4.98 Å². The number of hydrogen-bond acceptors (Lipinski definition) is 3. The molecule has 0 amide bonds. The van der Waals surface area contributed by atoms with Gasteiger partial charge in [-0.3, -0.25) is 4.79 Å². The number of halogens is 3. The topological polar surface area (TPSA) is 42.0 Å². The van der Waals surface area contributed by atoms with Crippen molar-refractivity contribution in [2.24, 2.45) is 0 Å². The molecule has 1 aromatic carbocycles. The first kappa shape index (κ1) is 14.0. The lowest BCUT2D eigenvalue weighted by Gasteiger charge is -2.12. The lowest BCUT2D eigenvalue weighted by molar-refractivity contribution is -0.141. The highest BCUT2D eigenvalue weighted by atomic mass is 19.4. The van der Waals surface area contributed by atoms with Gasteiger partial charge in [-0.2, -0.15) is 13.2 Å². The maximum absolute atomic E-state index is 12.7. The number of carbonyl (C=O) groups excluding carboxylic acids is 1. The number of aromatic nitrogens is 1. The summed E-state index contributed by atoms with van der Waals surface area (Å²) in [5.74, 6) is -0.455. The number of anilines is 2. The minimum atomic E-state index is -4.55. The summed E-state index contributed by atoms with van der Waals surface area (Å²) < 4.78 is 38.0. The van der Waals surface area contributed by atoms with Gasteiger partial charge in [0.2, 0.25) is 0 Å². The zero-order chi connectivity index (χ0) is 14.8. The Balaban J connectivity index is 2.45. The van der Waals surface area contributed by atoms with Gasteiger partial charge in [0.25, 0.3) is 0 Å². The Bertz CT molecular complexity index is 624. The highest BCUT2D eigenvalue weighted by molar-refractivity contribution is 5.99. The molecule has 20 heavy (non-hydrogen) atoms. The van der Waals surface area contributed by atoms with Gasteiger partial charge in [-0.25, -0.2) is 4.98 Å². The van der Waals surface area contributed by atoms with Crippen molar-refractivity contribution in [3.63, 3.8) is 0 Å². The zero-order valence-corrected chi connectivity index (χ0v) is 10.5. The van der Waals surface area contributed by atoms with Crippen LogP contribution in [0.5, 0.6) is 0 Å². The third kappa shape index (κ3) is 3.14. The highest BCUT2D eigenvalue weighted by Gasteiger charge is 2.33. The van der Waals surface area contributed by atoms with Crippen molar-refractivity contribution in [3.05, 3.63) is 53.7 Å². The number of pyridine rings is 1. The summed E-state index contributed by atoms with van der Waals surface area (Å²) in [6.07, 6.45) is -4.55. The number of carbonyl (C=O) groups is 1. The third-order valence-corrected chi connectivity index (χ3v) is 2.60. The third-order valence-electron chi connectivity index (χ3n) is 2.60. The summed E-state index contributed by atoms with van der Waals surface area (Å²) >= 11 is 0. The van der Waals surface area contributed by atoms with Crippen LogP contribution >= 0.6 is 0 Å². The summed E-state index contributed by atoms with van der Waals surface area (Å²) in [7, 11) is 0. The van der Waals surface area contributed by atoms with Gasteiger partial charge in [0, 0.05) is 5.69 Å². The molecule has 6 heteroatoms. The molecule has 0 aliphatic heterocycles. The summed E-state index contributed by atoms with van der Waals surface area (Å²) in [5.41, 5.74) is -0.371. The standard InChI is InChI=1S/C14H11F3N2O/c1-9(20)11-7-8-12(14(15,16)17)19-13(11)18-10-5-3-2-4-6-10/h2-8H,1H3,(H,18,19). The van der Waals surface area contributed by atoms with E-state index < -0.39 is 11.9 Å². The second-order valence-electron chi connectivity index (χ2n) is 4.14. The van der Waals surface area contributed by atoms with E-state index in [2.05, 4.69) is 10.3 Å². The first-order valence-electron chi connectivity index (χ1n) is 5.79. The van der Waals surface area contributed by atoms with E-state index in [4.69, 9.17) is 0 Å². The minimum absolute atomic E-state index is 0.0986. The van der Waals surface area contributed by atoms with E-state index in [9.17, 15) is 18.0 Å². The Kier molecular flexibility index (Phi) is 3.74. The second-order valence-corrected chi connectivity index (χ2v) is 4.14. The van der Waals surface area contributed by atoms with E-state index in [-0.39, 0.29) is 17.2 Å². The number of alkyl halides is 3. The zero-order valence-electron chi connectivity index (χ0n) is 10.5. The van der Waals surface area contributed by atoms with Crippen LogP contribution in [0.25, 0.3) is 0 Å². The van der Waals surface area contributed by atoms with Crippen molar-refractivity contribution in [2.75, 3.05) is 5.32 Å². The van der Waals surface area contributed by atoms with Gasteiger partial charge in [0.05, 0.1) is 5.56 Å². The van der Waals surface area contributed by atoms with Gasteiger partial charge >= 0.3 is 6.18 Å². The highest BCUT2D eigenvalue weighted by Crippen LogP contribution is 2.30. The molecule has 0 aliphatic rings. The van der Waals surface area contributed by atoms with Crippen LogP contribution in [-0.4, -0.2) is 10.8 Å². The van der Waals surface area contributed by atoms with Crippen LogP contribution in [0.4, 0.5) is 24.7 Å². The number of ketones is 1. The number of hydrogen-bond donors (Lipinski definition) is 1. The molecule has 1 aromatic heterocycles. The van der Waals surface area contributed by atoms with E-state index in [1.165, 1.54) is 6.92 Å². The normalized spacial score (nSPS) is 11.2. The number of nitrogens with one attached hydrogen (secondary N) is 1. The molecule has 2 rings (SSSR count). The Hall–Kier alpha value is -2.37. The average Bonchev–Trinajstić information content (AvgIpc) is 2.38. The van der Waals surface area contributed by atoms with Crippen LogP contribution in [0, 0.1) is 0 Å². The lowest BCUT2D eigenvalue weighted by atomic mass is 10.1. The summed E-state index contributed by atoms with van der Waals surface area (Å²) in [5, 5.41) is 2.73. The second kappa shape index (κ2) is 5.32. The number of para-hydroxylation sites is 1. The molecule has 3 nitrogen and oxygen atoms in total. The van der Waals surface area contributed by atoms with E-state index >= 15 is 0 Å². The quantitative estimate of drug-likeness (QED) is 0.862. The Morgan fingerprint density at radius 2 is 1.75 bits per heavy atom. The van der Waals surface area contributed by atoms with Crippen LogP contribution in [-0.2, 0) is 6.18 Å². The number of benzene rings is 1. The molecule has 2 aromatic rings. The first-order chi connectivity index (χ1) is 9.38. The van der Waals surface area contributed by atoms with Gasteiger partial charge in [-0.15, -0.1) is 0 Å². The fourth-order valence-corrected chi connectivity index (χ4v) is 1.65. The average molecular weight is 280 g/mol. The Morgan fingerprint density at radius 1 is 1.10 bits per heavy atom. The van der Waals surface area contributed by atoms with Gasteiger partial charge < -0.3 is 5.32 Å². The van der Waals surface area contributed by atoms with Crippen LogP contribution in [0.2, 0.25) is 0 Å². The van der Waals surface area contributed by atoms with Crippen LogP contribution in [0.15, 0.2) is 42.5 Å². The van der Waals surface area contributed by atoms with Crippen LogP contribution in [0.3, 0.4) is 0 Å². The van der Waals surface area contributed by atoms with Gasteiger partial charge in [0.15, 0.2) is 5.78 Å². The number of Topliss-reactive ketones (excluding diaryl/α,β-unsaturated/α-hetero) is 1. The van der Waals surface area contributed by atoms with E-state index in [0.717, 1.165) is 12.1 Å². The number of rotatable bonds is 3. The predicted molar refractivity (Wildman–Crippen MR) is 69.0 cm³/mol. The Morgan fingerprint density at radius 3 is 2.30 bits per heavy atom. The minimum Gasteiger partial charge on any atom is -0.340 e. The molecular formula is C14H11F3N2O. The predicted octanol–water partition coefficient (Wildman–Crippen LogP) is 4.05. The van der Waals surface area contributed by atoms with Crippen molar-refractivity contribution in [1.29, 1.82) is 0 Å². The molecule has 0 atom stereocenters. The summed E-state index contributed by atoms with van der Waals surface area (Å²) in [6.45, 7) is 1.28. The van der Waals surface area contributed by atoms with Gasteiger partial charge in [-0.05, 0) is 31.2 Å². The molecule has 1 heterocycles. The Labute approximate surface area is 113 Å². The molecule has 104 valence electrons. The van der Waals surface area contributed by atoms with Crippen molar-refractivity contribution in [3.8, 4) is 0 Å². The lowest BCUT2D eigenvalue weighted by Crippen LogP contribution is -2.12. The van der Waals surface area contributed by atoms with Crippen molar-refractivity contribution < 1.29 is 18.0 Å². The maximum Gasteiger partial charge on any atom is 0.433 e. The molecule has 0 spiro atoms. The molecule has 0 fully saturated rings. The van der Waals surface area contributed by atoms with E-state index in [1.54, 1.807) is 30.3 Å². The molecule has 0 unspecified atom stereocenters. The van der Waals surface area contributed by atoms with Gasteiger partial charge in [0.1, 0.15) is 11.5 Å². The largest absolute Gasteiger partial charge is 0.433 e. The molecule has 0 bridgehead atoms. The molecular weight excluding hydrogens is 269 g/mol. The van der Waals surface area contributed by atoms with Crippen LogP contribution < -0.4 is 5.32 Å². The SMILES string of the molecule is CC(=O)c1ccc(C(F)(F)F)nc1Nc1ccccc1. The van der Waals surface area contributed by atoms with Crippen molar-refractivity contribution in [2.45, 2.75) is 13.1 Å². The monoisotopic (exact) mass is 280 g/mol. The molecule has 1 N–H and O–H groups in total. The smallest absolute Gasteiger partial charge is 0.340 e. The fourth-order valence-electron chi connectivity index (χ4n) is 1.65. The van der Waals surface area contributed by atoms with E-state index in [0.29, 0.717) is 5.69 Å². The molecule has 0 saturated heterocycles.